The molecule has 6 heteroatoms. The van der Waals surface area contributed by atoms with Gasteiger partial charge in [0, 0.05) is 19.2 Å². The molecular formula is C17H21NO5. The van der Waals surface area contributed by atoms with Crippen LogP contribution in [0.25, 0.3) is 6.08 Å². The number of phenols is 1. The largest absolute Gasteiger partial charge is 0.504 e. The van der Waals surface area contributed by atoms with E-state index in [4.69, 9.17) is 4.74 Å². The Hall–Kier alpha value is -2.50. The second-order valence-corrected chi connectivity index (χ2v) is 5.96. The van der Waals surface area contributed by atoms with E-state index >= 15 is 0 Å². The molecule has 0 aliphatic carbocycles. The molecule has 2 N–H and O–H groups in total. The minimum atomic E-state index is -0.809. The van der Waals surface area contributed by atoms with Gasteiger partial charge >= 0.3 is 5.97 Å². The Labute approximate surface area is 135 Å². The van der Waals surface area contributed by atoms with Crippen LogP contribution in [0, 0.1) is 5.41 Å². The fourth-order valence-corrected chi connectivity index (χ4v) is 2.51. The summed E-state index contributed by atoms with van der Waals surface area (Å²) in [5.41, 5.74) is -0.00875. The molecule has 0 unspecified atom stereocenters. The van der Waals surface area contributed by atoms with E-state index in [0.29, 0.717) is 31.7 Å². The summed E-state index contributed by atoms with van der Waals surface area (Å²) in [4.78, 5) is 25.0. The van der Waals surface area contributed by atoms with Crippen molar-refractivity contribution < 1.29 is 24.5 Å². The average molecular weight is 319 g/mol. The minimum absolute atomic E-state index is 0.0416. The lowest BCUT2D eigenvalue weighted by Crippen LogP contribution is -2.44. The number of carbonyl (C=O) groups is 2. The van der Waals surface area contributed by atoms with E-state index in [1.165, 1.54) is 19.3 Å². The number of ether oxygens (including phenoxy) is 1. The van der Waals surface area contributed by atoms with Crippen molar-refractivity contribution in [3.63, 3.8) is 0 Å². The maximum absolute atomic E-state index is 12.2. The number of aliphatic carboxylic acids is 1. The van der Waals surface area contributed by atoms with Crippen molar-refractivity contribution in [3.05, 3.63) is 29.8 Å². The van der Waals surface area contributed by atoms with Crippen molar-refractivity contribution in [2.75, 3.05) is 20.2 Å². The van der Waals surface area contributed by atoms with E-state index in [0.717, 1.165) is 5.56 Å². The molecule has 0 saturated carbocycles. The third-order valence-corrected chi connectivity index (χ3v) is 4.32. The molecule has 1 saturated heterocycles. The molecule has 6 nitrogen and oxygen atoms in total. The van der Waals surface area contributed by atoms with Gasteiger partial charge in [0.15, 0.2) is 11.5 Å². The molecule has 124 valence electrons. The molecular weight excluding hydrogens is 298 g/mol. The van der Waals surface area contributed by atoms with Crippen molar-refractivity contribution >= 4 is 18.0 Å². The fraction of sp³-hybridized carbons (Fsp3) is 0.412. The second kappa shape index (κ2) is 6.73. The predicted octanol–water partition coefficient (Wildman–Crippen LogP) is 2.13. The van der Waals surface area contributed by atoms with E-state index in [2.05, 4.69) is 0 Å². The lowest BCUT2D eigenvalue weighted by molar-refractivity contribution is -0.152. The molecule has 1 heterocycles. The monoisotopic (exact) mass is 319 g/mol. The number of carboxylic acid groups (broad SMARTS) is 1. The van der Waals surface area contributed by atoms with Gasteiger partial charge in [-0.05, 0) is 43.5 Å². The van der Waals surface area contributed by atoms with Gasteiger partial charge in [0.1, 0.15) is 0 Å². The van der Waals surface area contributed by atoms with Crippen LogP contribution in [0.4, 0.5) is 0 Å². The molecule has 0 radical (unpaired) electrons. The normalized spacial score (nSPS) is 17.2. The number of benzene rings is 1. The number of phenolic OH excluding ortho intramolecular Hbond substituents is 1. The van der Waals surface area contributed by atoms with Crippen LogP contribution in [0.1, 0.15) is 25.3 Å². The Morgan fingerprint density at radius 2 is 1.96 bits per heavy atom. The van der Waals surface area contributed by atoms with Gasteiger partial charge in [0.2, 0.25) is 5.91 Å². The van der Waals surface area contributed by atoms with Gasteiger partial charge < -0.3 is 19.8 Å². The summed E-state index contributed by atoms with van der Waals surface area (Å²) in [6.45, 7) is 2.59. The maximum atomic E-state index is 12.2. The number of piperidine rings is 1. The quantitative estimate of drug-likeness (QED) is 0.830. The van der Waals surface area contributed by atoms with Crippen LogP contribution in [0.3, 0.4) is 0 Å². The first kappa shape index (κ1) is 16.9. The highest BCUT2D eigenvalue weighted by Crippen LogP contribution is 2.31. The summed E-state index contributed by atoms with van der Waals surface area (Å²) < 4.78 is 5.02. The Kier molecular flexibility index (Phi) is 4.93. The number of likely N-dealkylation sites (tertiary alicyclic amines) is 1. The number of carbonyl (C=O) groups excluding carboxylic acids is 1. The lowest BCUT2D eigenvalue weighted by Gasteiger charge is -2.35. The molecule has 0 spiro atoms. The molecule has 0 atom stereocenters. The van der Waals surface area contributed by atoms with Gasteiger partial charge in [-0.25, -0.2) is 0 Å². The topological polar surface area (TPSA) is 87.1 Å². The zero-order valence-electron chi connectivity index (χ0n) is 13.3. The number of rotatable bonds is 4. The number of amides is 1. The van der Waals surface area contributed by atoms with Crippen LogP contribution in [0.15, 0.2) is 24.3 Å². The molecule has 1 aromatic rings. The van der Waals surface area contributed by atoms with Crippen LogP contribution in [-0.2, 0) is 9.59 Å². The fourth-order valence-electron chi connectivity index (χ4n) is 2.51. The molecule has 1 fully saturated rings. The van der Waals surface area contributed by atoms with Gasteiger partial charge in [-0.15, -0.1) is 0 Å². The number of hydrogen-bond acceptors (Lipinski definition) is 4. The standard InChI is InChI=1S/C17H21NO5/c1-17(16(21)22)7-9-18(10-8-17)15(20)6-4-12-3-5-13(19)14(11-12)23-2/h3-6,11,19H,7-10H2,1-2H3,(H,21,22). The highest BCUT2D eigenvalue weighted by atomic mass is 16.5. The van der Waals surface area contributed by atoms with Crippen LogP contribution in [-0.4, -0.2) is 47.2 Å². The van der Waals surface area contributed by atoms with Crippen molar-refractivity contribution in [1.82, 2.24) is 4.90 Å². The first-order chi connectivity index (χ1) is 10.9. The van der Waals surface area contributed by atoms with E-state index < -0.39 is 11.4 Å². The van der Waals surface area contributed by atoms with Crippen molar-refractivity contribution in [3.8, 4) is 11.5 Å². The van der Waals surface area contributed by atoms with Gasteiger partial charge in [-0.2, -0.15) is 0 Å². The minimum Gasteiger partial charge on any atom is -0.504 e. The van der Waals surface area contributed by atoms with Crippen LogP contribution in [0.2, 0.25) is 0 Å². The predicted molar refractivity (Wildman–Crippen MR) is 85.2 cm³/mol. The first-order valence-corrected chi connectivity index (χ1v) is 7.43. The highest BCUT2D eigenvalue weighted by molar-refractivity contribution is 5.92. The first-order valence-electron chi connectivity index (χ1n) is 7.43. The second-order valence-electron chi connectivity index (χ2n) is 5.96. The van der Waals surface area contributed by atoms with Gasteiger partial charge in [-0.3, -0.25) is 9.59 Å². The van der Waals surface area contributed by atoms with Gasteiger partial charge in [0.25, 0.3) is 0 Å². The van der Waals surface area contributed by atoms with E-state index in [1.54, 1.807) is 30.0 Å². The molecule has 0 aromatic heterocycles. The highest BCUT2D eigenvalue weighted by Gasteiger charge is 2.37. The summed E-state index contributed by atoms with van der Waals surface area (Å²) in [6.07, 6.45) is 4.01. The molecule has 1 aliphatic heterocycles. The van der Waals surface area contributed by atoms with Crippen molar-refractivity contribution in [2.24, 2.45) is 5.41 Å². The van der Waals surface area contributed by atoms with E-state index in [9.17, 15) is 19.8 Å². The van der Waals surface area contributed by atoms with Crippen LogP contribution >= 0.6 is 0 Å². The third-order valence-electron chi connectivity index (χ3n) is 4.32. The van der Waals surface area contributed by atoms with Crippen LogP contribution < -0.4 is 4.74 Å². The Morgan fingerprint density at radius 3 is 2.52 bits per heavy atom. The molecule has 23 heavy (non-hydrogen) atoms. The van der Waals surface area contributed by atoms with Gasteiger partial charge in [0.05, 0.1) is 12.5 Å². The third kappa shape index (κ3) is 3.83. The number of methoxy groups -OCH3 is 1. The number of hydrogen-bond donors (Lipinski definition) is 2. The summed E-state index contributed by atoms with van der Waals surface area (Å²) in [6, 6.07) is 4.82. The lowest BCUT2D eigenvalue weighted by atomic mass is 9.80. The Balaban J connectivity index is 1.99. The SMILES string of the molecule is COc1cc(C=CC(=O)N2CCC(C)(C(=O)O)CC2)ccc1O. The molecule has 1 aliphatic rings. The van der Waals surface area contributed by atoms with E-state index in [-0.39, 0.29) is 11.7 Å². The zero-order valence-corrected chi connectivity index (χ0v) is 13.3. The summed E-state index contributed by atoms with van der Waals surface area (Å²) in [5.74, 6) is -0.574. The zero-order chi connectivity index (χ0) is 17.0. The van der Waals surface area contributed by atoms with E-state index in [1.807, 2.05) is 0 Å². The average Bonchev–Trinajstić information content (AvgIpc) is 2.54. The smallest absolute Gasteiger partial charge is 0.309 e. The Bertz CT molecular complexity index is 630. The number of carboxylic acids is 1. The molecule has 1 amide bonds. The summed E-state index contributed by atoms with van der Waals surface area (Å²) in [7, 11) is 1.46. The van der Waals surface area contributed by atoms with Crippen molar-refractivity contribution in [1.29, 1.82) is 0 Å². The number of aromatic hydroxyl groups is 1. The Morgan fingerprint density at radius 1 is 1.30 bits per heavy atom. The van der Waals surface area contributed by atoms with Crippen LogP contribution in [0.5, 0.6) is 11.5 Å². The summed E-state index contributed by atoms with van der Waals surface area (Å²) >= 11 is 0. The number of nitrogens with zero attached hydrogens (tertiary/aromatic N) is 1. The van der Waals surface area contributed by atoms with Gasteiger partial charge in [-0.1, -0.05) is 6.07 Å². The van der Waals surface area contributed by atoms with Crippen molar-refractivity contribution in [2.45, 2.75) is 19.8 Å². The molecule has 2 rings (SSSR count). The maximum Gasteiger partial charge on any atom is 0.309 e. The summed E-state index contributed by atoms with van der Waals surface area (Å²) in [5, 5.41) is 18.7. The molecule has 0 bridgehead atoms. The molecule has 1 aromatic carbocycles.